The summed E-state index contributed by atoms with van der Waals surface area (Å²) in [5.74, 6) is -0.676. The number of ether oxygens (including phenoxy) is 1. The number of likely N-dealkylation sites (tertiary alicyclic amines) is 1. The lowest BCUT2D eigenvalue weighted by Gasteiger charge is -2.24. The fourth-order valence-corrected chi connectivity index (χ4v) is 3.53. The second-order valence-electron chi connectivity index (χ2n) is 6.54. The molecule has 2 aliphatic heterocycles. The van der Waals surface area contributed by atoms with Crippen LogP contribution in [0.1, 0.15) is 42.5 Å². The Labute approximate surface area is 141 Å². The van der Waals surface area contributed by atoms with Gasteiger partial charge >= 0.3 is 0 Å². The number of fused-ring (bicyclic) bond motifs is 2. The number of benzene rings is 1. The summed E-state index contributed by atoms with van der Waals surface area (Å²) in [4.78, 5) is 26.4. The number of hydrogen-bond donors (Lipinski definition) is 1. The third-order valence-corrected chi connectivity index (χ3v) is 4.92. The molecule has 130 valence electrons. The van der Waals surface area contributed by atoms with E-state index in [1.54, 1.807) is 0 Å². The molecular formula is C18H23FN2O3. The zero-order valence-corrected chi connectivity index (χ0v) is 13.9. The van der Waals surface area contributed by atoms with Gasteiger partial charge in [0.1, 0.15) is 0 Å². The molecule has 0 radical (unpaired) electrons. The molecule has 0 aliphatic carbocycles. The van der Waals surface area contributed by atoms with Crippen LogP contribution in [0.15, 0.2) is 18.2 Å². The van der Waals surface area contributed by atoms with Crippen LogP contribution in [0, 0.1) is 5.82 Å². The summed E-state index contributed by atoms with van der Waals surface area (Å²) < 4.78 is 18.5. The molecule has 2 atom stereocenters. The monoisotopic (exact) mass is 334 g/mol. The van der Waals surface area contributed by atoms with Crippen LogP contribution in [-0.2, 0) is 4.79 Å². The van der Waals surface area contributed by atoms with E-state index in [2.05, 4.69) is 5.32 Å². The molecule has 3 rings (SSSR count). The van der Waals surface area contributed by atoms with E-state index in [9.17, 15) is 14.0 Å². The smallest absolute Gasteiger partial charge is 0.223 e. The van der Waals surface area contributed by atoms with Gasteiger partial charge in [0.2, 0.25) is 5.91 Å². The first-order valence-corrected chi connectivity index (χ1v) is 8.47. The van der Waals surface area contributed by atoms with Gasteiger partial charge in [-0.15, -0.1) is 0 Å². The maximum atomic E-state index is 13.7. The van der Waals surface area contributed by atoms with Crippen LogP contribution >= 0.6 is 0 Å². The summed E-state index contributed by atoms with van der Waals surface area (Å²) in [7, 11) is 1.38. The maximum absolute atomic E-state index is 13.7. The molecule has 6 heteroatoms. The second-order valence-corrected chi connectivity index (χ2v) is 6.54. The molecule has 1 N–H and O–H groups in total. The Morgan fingerprint density at radius 1 is 1.25 bits per heavy atom. The Balaban J connectivity index is 1.54. The third kappa shape index (κ3) is 3.75. The number of nitrogens with zero attached hydrogens (tertiary/aromatic N) is 1. The van der Waals surface area contributed by atoms with Crippen molar-refractivity contribution in [2.24, 2.45) is 0 Å². The summed E-state index contributed by atoms with van der Waals surface area (Å²) in [5, 5.41) is 3.53. The highest BCUT2D eigenvalue weighted by atomic mass is 19.1. The van der Waals surface area contributed by atoms with Crippen LogP contribution in [-0.4, -0.2) is 48.9 Å². The number of Topliss-reactive ketones (excluding diaryl/α,β-unsaturated/α-hetero) is 1. The van der Waals surface area contributed by atoms with Gasteiger partial charge in [0.25, 0.3) is 0 Å². The highest BCUT2D eigenvalue weighted by molar-refractivity contribution is 5.98. The fourth-order valence-electron chi connectivity index (χ4n) is 3.53. The van der Waals surface area contributed by atoms with Crippen molar-refractivity contribution in [1.82, 2.24) is 10.2 Å². The number of carbonyl (C=O) groups excluding carboxylic acids is 2. The first kappa shape index (κ1) is 16.9. The van der Waals surface area contributed by atoms with E-state index in [4.69, 9.17) is 4.74 Å². The van der Waals surface area contributed by atoms with Gasteiger partial charge in [-0.2, -0.15) is 0 Å². The minimum atomic E-state index is -0.565. The molecular weight excluding hydrogens is 311 g/mol. The summed E-state index contributed by atoms with van der Waals surface area (Å²) >= 11 is 0. The fraction of sp³-hybridized carbons (Fsp3) is 0.556. The third-order valence-electron chi connectivity index (χ3n) is 4.92. The normalized spacial score (nSPS) is 23.0. The van der Waals surface area contributed by atoms with Crippen LogP contribution in [0.3, 0.4) is 0 Å². The van der Waals surface area contributed by atoms with Crippen molar-refractivity contribution in [3.8, 4) is 5.75 Å². The minimum Gasteiger partial charge on any atom is -0.494 e. The van der Waals surface area contributed by atoms with E-state index < -0.39 is 5.82 Å². The number of rotatable bonds is 5. The molecule has 2 unspecified atom stereocenters. The van der Waals surface area contributed by atoms with Crippen molar-refractivity contribution in [2.75, 3.05) is 20.2 Å². The zero-order valence-electron chi connectivity index (χ0n) is 13.9. The lowest BCUT2D eigenvalue weighted by atomic mass is 10.0. The van der Waals surface area contributed by atoms with Gasteiger partial charge in [-0.3, -0.25) is 9.59 Å². The predicted octanol–water partition coefficient (Wildman–Crippen LogP) is 2.15. The minimum absolute atomic E-state index is 0.00619. The lowest BCUT2D eigenvalue weighted by Crippen LogP contribution is -2.39. The van der Waals surface area contributed by atoms with E-state index in [0.29, 0.717) is 12.1 Å². The van der Waals surface area contributed by atoms with Crippen molar-refractivity contribution < 1.29 is 18.7 Å². The first-order chi connectivity index (χ1) is 11.6. The van der Waals surface area contributed by atoms with E-state index in [-0.39, 0.29) is 35.8 Å². The van der Waals surface area contributed by atoms with Crippen LogP contribution < -0.4 is 10.1 Å². The number of hydrogen-bond acceptors (Lipinski definition) is 4. The number of carbonyl (C=O) groups is 2. The lowest BCUT2D eigenvalue weighted by molar-refractivity contribution is -0.131. The number of amides is 1. The Morgan fingerprint density at radius 2 is 2.04 bits per heavy atom. The molecule has 2 aliphatic rings. The molecule has 1 aromatic rings. The Morgan fingerprint density at radius 3 is 2.79 bits per heavy atom. The van der Waals surface area contributed by atoms with Gasteiger partial charge in [0, 0.05) is 43.6 Å². The average Bonchev–Trinajstić information content (AvgIpc) is 2.91. The van der Waals surface area contributed by atoms with Gasteiger partial charge in [-0.1, -0.05) is 0 Å². The summed E-state index contributed by atoms with van der Waals surface area (Å²) in [6.07, 6.45) is 3.54. The van der Waals surface area contributed by atoms with E-state index >= 15 is 0 Å². The quantitative estimate of drug-likeness (QED) is 0.838. The molecule has 0 aromatic heterocycles. The van der Waals surface area contributed by atoms with Crippen LogP contribution in [0.25, 0.3) is 0 Å². The highest BCUT2D eigenvalue weighted by Crippen LogP contribution is 2.22. The van der Waals surface area contributed by atoms with E-state index in [0.717, 1.165) is 25.9 Å². The van der Waals surface area contributed by atoms with Crippen LogP contribution in [0.4, 0.5) is 4.39 Å². The molecule has 2 saturated heterocycles. The standard InChI is InChI=1S/C18H23FN2O3/c1-24-17-6-2-12(10-15(17)19)16(22)5-7-18(23)21-9-8-13-3-4-14(11-21)20-13/h2,6,10,13-14,20H,3-5,7-9,11H2,1H3. The Kier molecular flexibility index (Phi) is 5.14. The molecule has 0 spiro atoms. The van der Waals surface area contributed by atoms with Crippen molar-refractivity contribution in [3.05, 3.63) is 29.6 Å². The maximum Gasteiger partial charge on any atom is 0.223 e. The first-order valence-electron chi connectivity index (χ1n) is 8.47. The molecule has 1 aromatic carbocycles. The molecule has 24 heavy (non-hydrogen) atoms. The van der Waals surface area contributed by atoms with Gasteiger partial charge in [-0.25, -0.2) is 4.39 Å². The van der Waals surface area contributed by atoms with Crippen molar-refractivity contribution in [2.45, 2.75) is 44.2 Å². The molecule has 5 nitrogen and oxygen atoms in total. The molecule has 2 bridgehead atoms. The van der Waals surface area contributed by atoms with Gasteiger partial charge < -0.3 is 15.0 Å². The molecule has 2 fully saturated rings. The second kappa shape index (κ2) is 7.30. The summed E-state index contributed by atoms with van der Waals surface area (Å²) in [6.45, 7) is 1.47. The number of halogens is 1. The average molecular weight is 334 g/mol. The summed E-state index contributed by atoms with van der Waals surface area (Å²) in [6, 6.07) is 5.04. The van der Waals surface area contributed by atoms with E-state index in [1.807, 2.05) is 4.90 Å². The summed E-state index contributed by atoms with van der Waals surface area (Å²) in [5.41, 5.74) is 0.276. The predicted molar refractivity (Wildman–Crippen MR) is 87.7 cm³/mol. The SMILES string of the molecule is COc1ccc(C(=O)CCC(=O)N2CCC3CCC(C2)N3)cc1F. The Bertz CT molecular complexity index is 635. The number of ketones is 1. The molecule has 2 heterocycles. The molecule has 0 saturated carbocycles. The van der Waals surface area contributed by atoms with Crippen LogP contribution in [0.5, 0.6) is 5.75 Å². The van der Waals surface area contributed by atoms with Crippen LogP contribution in [0.2, 0.25) is 0 Å². The van der Waals surface area contributed by atoms with Gasteiger partial charge in [0.05, 0.1) is 7.11 Å². The largest absolute Gasteiger partial charge is 0.494 e. The Hall–Kier alpha value is -1.95. The van der Waals surface area contributed by atoms with Gasteiger partial charge in [0.15, 0.2) is 17.3 Å². The number of methoxy groups -OCH3 is 1. The zero-order chi connectivity index (χ0) is 17.1. The number of nitrogens with one attached hydrogen (secondary N) is 1. The highest BCUT2D eigenvalue weighted by Gasteiger charge is 2.31. The van der Waals surface area contributed by atoms with Crippen molar-refractivity contribution >= 4 is 11.7 Å². The molecule has 1 amide bonds. The van der Waals surface area contributed by atoms with Crippen molar-refractivity contribution in [3.63, 3.8) is 0 Å². The van der Waals surface area contributed by atoms with Gasteiger partial charge in [-0.05, 0) is 37.5 Å². The van der Waals surface area contributed by atoms with Crippen molar-refractivity contribution in [1.29, 1.82) is 0 Å². The van der Waals surface area contributed by atoms with E-state index in [1.165, 1.54) is 31.7 Å². The topological polar surface area (TPSA) is 58.6 Å².